The first-order chi connectivity index (χ1) is 15.8. The highest BCUT2D eigenvalue weighted by atomic mass is 19.1. The van der Waals surface area contributed by atoms with E-state index < -0.39 is 23.7 Å². The van der Waals surface area contributed by atoms with Crippen LogP contribution in [-0.2, 0) is 33.1 Å². The summed E-state index contributed by atoms with van der Waals surface area (Å²) < 4.78 is 19.2. The van der Waals surface area contributed by atoms with Crippen molar-refractivity contribution >= 4 is 29.5 Å². The molecule has 3 heterocycles. The Labute approximate surface area is 188 Å². The minimum Gasteiger partial charge on any atom is -0.444 e. The third-order valence-corrected chi connectivity index (χ3v) is 6.12. The molecule has 2 aliphatic heterocycles. The number of hydrogen-bond donors (Lipinski definition) is 2. The van der Waals surface area contributed by atoms with Crippen molar-refractivity contribution in [3.8, 4) is 0 Å². The molecule has 1 aliphatic carbocycles. The van der Waals surface area contributed by atoms with Gasteiger partial charge in [0.05, 0.1) is 17.6 Å². The van der Waals surface area contributed by atoms with Gasteiger partial charge in [-0.05, 0) is 48.6 Å². The van der Waals surface area contributed by atoms with Crippen molar-refractivity contribution in [2.24, 2.45) is 0 Å². The molecule has 2 aromatic rings. The average Bonchev–Trinajstić information content (AvgIpc) is 3.47. The monoisotopic (exact) mass is 452 g/mol. The average molecular weight is 452 g/mol. The van der Waals surface area contributed by atoms with E-state index in [4.69, 9.17) is 4.74 Å². The Kier molecular flexibility index (Phi) is 5.07. The highest BCUT2D eigenvalue weighted by Crippen LogP contribution is 2.48. The number of rotatable bonds is 5. The standard InChI is InChI=1S/C23H21FN4O5/c24-23(7-8-23)18-5-3-15(10-25-18)26-22(32)33-12-13-1-2-14-11-28(21(31)16(14)9-13)17-4-6-19(29)27-20(17)30/h1-3,5,9-10,17H,4,6-8,11-12H2,(H,26,32)(H,27,29,30). The molecule has 10 heteroatoms. The van der Waals surface area contributed by atoms with E-state index in [2.05, 4.69) is 15.6 Å². The first-order valence-corrected chi connectivity index (χ1v) is 10.7. The molecule has 3 aliphatic rings. The molecule has 1 saturated carbocycles. The maximum Gasteiger partial charge on any atom is 0.412 e. The van der Waals surface area contributed by atoms with Crippen molar-refractivity contribution in [2.75, 3.05) is 5.32 Å². The second kappa shape index (κ2) is 7.95. The zero-order valence-corrected chi connectivity index (χ0v) is 17.6. The first-order valence-electron chi connectivity index (χ1n) is 10.7. The number of carbonyl (C=O) groups excluding carboxylic acids is 4. The van der Waals surface area contributed by atoms with Gasteiger partial charge in [0, 0.05) is 18.5 Å². The normalized spacial score (nSPS) is 20.8. The Morgan fingerprint density at radius 2 is 2.06 bits per heavy atom. The molecule has 2 N–H and O–H groups in total. The minimum absolute atomic E-state index is 0.0656. The van der Waals surface area contributed by atoms with E-state index in [1.165, 1.54) is 11.1 Å². The summed E-state index contributed by atoms with van der Waals surface area (Å²) in [6, 6.07) is 7.59. The van der Waals surface area contributed by atoms with Gasteiger partial charge < -0.3 is 9.64 Å². The van der Waals surface area contributed by atoms with E-state index in [-0.39, 0.29) is 31.4 Å². The minimum atomic E-state index is -1.34. The first kappa shape index (κ1) is 21.0. The van der Waals surface area contributed by atoms with Gasteiger partial charge in [0.1, 0.15) is 12.6 Å². The van der Waals surface area contributed by atoms with E-state index in [0.29, 0.717) is 41.8 Å². The van der Waals surface area contributed by atoms with Crippen molar-refractivity contribution < 1.29 is 28.3 Å². The van der Waals surface area contributed by atoms with Crippen LogP contribution < -0.4 is 10.6 Å². The highest BCUT2D eigenvalue weighted by Gasteiger charge is 2.46. The molecule has 0 radical (unpaired) electrons. The largest absolute Gasteiger partial charge is 0.444 e. The summed E-state index contributed by atoms with van der Waals surface area (Å²) in [5, 5.41) is 4.81. The second-order valence-electron chi connectivity index (χ2n) is 8.49. The number of pyridine rings is 1. The number of anilines is 1. The summed E-state index contributed by atoms with van der Waals surface area (Å²) >= 11 is 0. The fraction of sp³-hybridized carbons (Fsp3) is 0.348. The van der Waals surface area contributed by atoms with Crippen molar-refractivity contribution in [1.82, 2.24) is 15.2 Å². The SMILES string of the molecule is O=C1CCC(N2Cc3ccc(COC(=O)Nc4ccc(C5(F)CC5)nc4)cc3C2=O)C(=O)N1. The summed E-state index contributed by atoms with van der Waals surface area (Å²) in [7, 11) is 0. The number of aromatic nitrogens is 1. The number of nitrogens with zero attached hydrogens (tertiary/aromatic N) is 2. The van der Waals surface area contributed by atoms with Crippen molar-refractivity contribution in [1.29, 1.82) is 0 Å². The lowest BCUT2D eigenvalue weighted by atomic mass is 10.0. The predicted molar refractivity (Wildman–Crippen MR) is 113 cm³/mol. The highest BCUT2D eigenvalue weighted by molar-refractivity contribution is 6.05. The molecule has 1 saturated heterocycles. The smallest absolute Gasteiger partial charge is 0.412 e. The Morgan fingerprint density at radius 3 is 2.76 bits per heavy atom. The molecule has 1 aromatic heterocycles. The van der Waals surface area contributed by atoms with Crippen LogP contribution in [0, 0.1) is 0 Å². The number of ether oxygens (including phenoxy) is 1. The van der Waals surface area contributed by atoms with Crippen LogP contribution in [0.1, 0.15) is 52.9 Å². The van der Waals surface area contributed by atoms with Crippen LogP contribution in [0.15, 0.2) is 36.5 Å². The van der Waals surface area contributed by atoms with Crippen LogP contribution in [0.3, 0.4) is 0 Å². The molecule has 5 rings (SSSR count). The molecule has 9 nitrogen and oxygen atoms in total. The van der Waals surface area contributed by atoms with Crippen LogP contribution in [0.2, 0.25) is 0 Å². The molecule has 33 heavy (non-hydrogen) atoms. The fourth-order valence-corrected chi connectivity index (χ4v) is 4.09. The summed E-state index contributed by atoms with van der Waals surface area (Å²) in [6.07, 6.45) is 2.09. The number of benzene rings is 1. The Morgan fingerprint density at radius 1 is 1.24 bits per heavy atom. The maximum atomic E-state index is 14.0. The summed E-state index contributed by atoms with van der Waals surface area (Å²) in [6.45, 7) is 0.217. The van der Waals surface area contributed by atoms with Crippen molar-refractivity contribution in [3.05, 3.63) is 58.9 Å². The summed E-state index contributed by atoms with van der Waals surface area (Å²) in [4.78, 5) is 54.0. The lowest BCUT2D eigenvalue weighted by molar-refractivity contribution is -0.136. The molecule has 4 amide bonds. The van der Waals surface area contributed by atoms with Crippen LogP contribution in [0.5, 0.6) is 0 Å². The third-order valence-electron chi connectivity index (χ3n) is 6.12. The van der Waals surface area contributed by atoms with Crippen LogP contribution in [0.25, 0.3) is 0 Å². The molecule has 0 spiro atoms. The zero-order chi connectivity index (χ0) is 23.2. The Bertz CT molecular complexity index is 1160. The van der Waals surface area contributed by atoms with Gasteiger partial charge in [-0.25, -0.2) is 9.18 Å². The van der Waals surface area contributed by atoms with Gasteiger partial charge in [0.2, 0.25) is 11.8 Å². The summed E-state index contributed by atoms with van der Waals surface area (Å²) in [5.74, 6) is -1.09. The number of imide groups is 1. The van der Waals surface area contributed by atoms with Gasteiger partial charge in [0.15, 0.2) is 5.67 Å². The fourth-order valence-electron chi connectivity index (χ4n) is 4.09. The van der Waals surface area contributed by atoms with Gasteiger partial charge in [-0.15, -0.1) is 0 Å². The topological polar surface area (TPSA) is 118 Å². The lowest BCUT2D eigenvalue weighted by Crippen LogP contribution is -2.52. The lowest BCUT2D eigenvalue weighted by Gasteiger charge is -2.29. The molecule has 170 valence electrons. The molecule has 0 bridgehead atoms. The van der Waals surface area contributed by atoms with Crippen molar-refractivity contribution in [3.63, 3.8) is 0 Å². The molecule has 1 aromatic carbocycles. The van der Waals surface area contributed by atoms with Gasteiger partial charge >= 0.3 is 6.09 Å². The maximum absolute atomic E-state index is 14.0. The number of piperidine rings is 1. The Hall–Kier alpha value is -3.82. The number of alkyl halides is 1. The van der Waals surface area contributed by atoms with E-state index in [1.807, 2.05) is 0 Å². The number of halogens is 1. The van der Waals surface area contributed by atoms with Gasteiger partial charge in [-0.2, -0.15) is 0 Å². The van der Waals surface area contributed by atoms with Crippen LogP contribution in [-0.4, -0.2) is 39.7 Å². The van der Waals surface area contributed by atoms with Gasteiger partial charge in [-0.1, -0.05) is 12.1 Å². The Balaban J connectivity index is 1.18. The van der Waals surface area contributed by atoms with Gasteiger partial charge in [0.25, 0.3) is 5.91 Å². The van der Waals surface area contributed by atoms with Crippen LogP contribution >= 0.6 is 0 Å². The number of carbonyl (C=O) groups is 4. The van der Waals surface area contributed by atoms with Gasteiger partial charge in [-0.3, -0.25) is 30.0 Å². The van der Waals surface area contributed by atoms with E-state index in [0.717, 1.165) is 5.56 Å². The van der Waals surface area contributed by atoms with E-state index >= 15 is 0 Å². The molecular formula is C23H21FN4O5. The number of hydrogen-bond acceptors (Lipinski definition) is 6. The van der Waals surface area contributed by atoms with E-state index in [1.54, 1.807) is 30.3 Å². The number of nitrogens with one attached hydrogen (secondary N) is 2. The molecular weight excluding hydrogens is 431 g/mol. The molecule has 2 fully saturated rings. The molecule has 1 atom stereocenters. The summed E-state index contributed by atoms with van der Waals surface area (Å²) in [5.41, 5.74) is 1.24. The quantitative estimate of drug-likeness (QED) is 0.674. The molecule has 1 unspecified atom stereocenters. The number of fused-ring (bicyclic) bond motifs is 1. The van der Waals surface area contributed by atoms with E-state index in [9.17, 15) is 23.6 Å². The third kappa shape index (κ3) is 4.15. The van der Waals surface area contributed by atoms with Crippen molar-refractivity contribution in [2.45, 2.75) is 50.5 Å². The zero-order valence-electron chi connectivity index (χ0n) is 17.6. The van der Waals surface area contributed by atoms with Crippen LogP contribution in [0.4, 0.5) is 14.9 Å². The predicted octanol–water partition coefficient (Wildman–Crippen LogP) is 2.55. The second-order valence-corrected chi connectivity index (χ2v) is 8.49. The number of amides is 4.